The molecule has 168 valence electrons. The topological polar surface area (TPSA) is 58.4 Å². The maximum absolute atomic E-state index is 6.12. The molecule has 0 saturated carbocycles. The molecule has 1 fully saturated rings. The zero-order valence-corrected chi connectivity index (χ0v) is 18.7. The summed E-state index contributed by atoms with van der Waals surface area (Å²) in [5.74, 6) is 1.66. The Morgan fingerprint density at radius 1 is 0.939 bits per heavy atom. The van der Waals surface area contributed by atoms with Crippen LogP contribution < -0.4 is 4.74 Å². The molecule has 0 unspecified atom stereocenters. The van der Waals surface area contributed by atoms with Gasteiger partial charge in [0.25, 0.3) is 0 Å². The Balaban J connectivity index is 1.28. The zero-order chi connectivity index (χ0) is 22.5. The monoisotopic (exact) mass is 441 g/mol. The van der Waals surface area contributed by atoms with Gasteiger partial charge in [0, 0.05) is 57.4 Å². The lowest BCUT2D eigenvalue weighted by molar-refractivity contribution is -0.0948. The average Bonchev–Trinajstić information content (AvgIpc) is 3.39. The molecule has 0 bridgehead atoms. The Bertz CT molecular complexity index is 1180. The Morgan fingerprint density at radius 3 is 2.55 bits per heavy atom. The zero-order valence-electron chi connectivity index (χ0n) is 18.7. The summed E-state index contributed by atoms with van der Waals surface area (Å²) in [5.41, 5.74) is 3.81. The number of imidazole rings is 1. The molecule has 0 aliphatic carbocycles. The van der Waals surface area contributed by atoms with E-state index in [0.29, 0.717) is 19.8 Å². The van der Waals surface area contributed by atoms with E-state index in [9.17, 15) is 0 Å². The van der Waals surface area contributed by atoms with Crippen molar-refractivity contribution in [2.75, 3.05) is 20.3 Å². The summed E-state index contributed by atoms with van der Waals surface area (Å²) in [7, 11) is 1.78. The molecule has 3 heterocycles. The van der Waals surface area contributed by atoms with Crippen molar-refractivity contribution < 1.29 is 14.2 Å². The quantitative estimate of drug-likeness (QED) is 0.396. The predicted molar refractivity (Wildman–Crippen MR) is 126 cm³/mol. The van der Waals surface area contributed by atoms with E-state index in [1.807, 2.05) is 41.1 Å². The van der Waals surface area contributed by atoms with E-state index < -0.39 is 0 Å². The van der Waals surface area contributed by atoms with E-state index >= 15 is 0 Å². The molecule has 1 aliphatic rings. The molecule has 2 aromatic carbocycles. The number of rotatable bonds is 7. The van der Waals surface area contributed by atoms with Crippen LogP contribution in [-0.2, 0) is 21.7 Å². The molecule has 1 saturated heterocycles. The standard InChI is InChI=1S/C27H27N3O3/c1-31-27(12-17-32-18-13-27)22-5-4-6-24(19-22)33-20-21-8-10-23(11-9-21)30-16-15-29-26(30)25-7-2-3-14-28-25/h2-11,14-16,19H,12-13,17-18,20H2,1H3. The van der Waals surface area contributed by atoms with Crippen molar-refractivity contribution in [1.29, 1.82) is 0 Å². The van der Waals surface area contributed by atoms with Gasteiger partial charge in [0.1, 0.15) is 18.1 Å². The molecule has 1 aliphatic heterocycles. The van der Waals surface area contributed by atoms with Gasteiger partial charge < -0.3 is 14.2 Å². The van der Waals surface area contributed by atoms with Gasteiger partial charge in [0.2, 0.25) is 0 Å². The summed E-state index contributed by atoms with van der Waals surface area (Å²) in [6, 6.07) is 22.4. The fourth-order valence-corrected chi connectivity index (χ4v) is 4.30. The Labute approximate surface area is 193 Å². The fraction of sp³-hybridized carbons (Fsp3) is 0.259. The van der Waals surface area contributed by atoms with Crippen LogP contribution in [0.25, 0.3) is 17.2 Å². The minimum Gasteiger partial charge on any atom is -0.489 e. The Hall–Kier alpha value is -3.48. The second-order valence-electron chi connectivity index (χ2n) is 8.13. The SMILES string of the molecule is COC1(c2cccc(OCc3ccc(-n4ccnc4-c4ccccn4)cc3)c2)CCOCC1. The number of pyridine rings is 1. The van der Waals surface area contributed by atoms with E-state index in [-0.39, 0.29) is 5.60 Å². The highest BCUT2D eigenvalue weighted by Crippen LogP contribution is 2.37. The van der Waals surface area contributed by atoms with Gasteiger partial charge in [0.05, 0.1) is 5.60 Å². The molecule has 0 atom stereocenters. The van der Waals surface area contributed by atoms with Crippen molar-refractivity contribution in [1.82, 2.24) is 14.5 Å². The Morgan fingerprint density at radius 2 is 1.79 bits per heavy atom. The lowest BCUT2D eigenvalue weighted by atomic mass is 9.86. The smallest absolute Gasteiger partial charge is 0.163 e. The van der Waals surface area contributed by atoms with Crippen LogP contribution in [-0.4, -0.2) is 34.9 Å². The molecule has 2 aromatic heterocycles. The van der Waals surface area contributed by atoms with Crippen LogP contribution in [0.3, 0.4) is 0 Å². The minimum atomic E-state index is -0.296. The molecule has 6 heteroatoms. The summed E-state index contributed by atoms with van der Waals surface area (Å²) >= 11 is 0. The lowest BCUT2D eigenvalue weighted by Crippen LogP contribution is -2.35. The van der Waals surface area contributed by atoms with Crippen molar-refractivity contribution in [2.45, 2.75) is 25.0 Å². The van der Waals surface area contributed by atoms with Crippen LogP contribution in [0.15, 0.2) is 85.3 Å². The molecule has 0 radical (unpaired) electrons. The number of ether oxygens (including phenoxy) is 3. The van der Waals surface area contributed by atoms with Crippen molar-refractivity contribution in [3.63, 3.8) is 0 Å². The first-order valence-electron chi connectivity index (χ1n) is 11.2. The van der Waals surface area contributed by atoms with Gasteiger partial charge in [-0.25, -0.2) is 4.98 Å². The number of benzene rings is 2. The molecule has 4 aromatic rings. The van der Waals surface area contributed by atoms with Crippen LogP contribution in [0.1, 0.15) is 24.0 Å². The normalized spacial score (nSPS) is 15.3. The molecule has 33 heavy (non-hydrogen) atoms. The summed E-state index contributed by atoms with van der Waals surface area (Å²) < 4.78 is 19.6. The molecular weight excluding hydrogens is 414 g/mol. The molecule has 0 amide bonds. The summed E-state index contributed by atoms with van der Waals surface area (Å²) in [6.45, 7) is 1.92. The minimum absolute atomic E-state index is 0.296. The first-order chi connectivity index (χ1) is 16.3. The van der Waals surface area contributed by atoms with E-state index in [4.69, 9.17) is 14.2 Å². The van der Waals surface area contributed by atoms with Gasteiger partial charge in [-0.05, 0) is 47.5 Å². The number of nitrogens with zero attached hydrogens (tertiary/aromatic N) is 3. The highest BCUT2D eigenvalue weighted by Gasteiger charge is 2.34. The van der Waals surface area contributed by atoms with Crippen molar-refractivity contribution in [2.24, 2.45) is 0 Å². The third-order valence-electron chi connectivity index (χ3n) is 6.21. The largest absolute Gasteiger partial charge is 0.489 e. The van der Waals surface area contributed by atoms with E-state index in [2.05, 4.69) is 46.4 Å². The fourth-order valence-electron chi connectivity index (χ4n) is 4.30. The van der Waals surface area contributed by atoms with Gasteiger partial charge in [-0.2, -0.15) is 0 Å². The van der Waals surface area contributed by atoms with Crippen LogP contribution in [0.2, 0.25) is 0 Å². The number of hydrogen-bond acceptors (Lipinski definition) is 5. The molecule has 0 spiro atoms. The van der Waals surface area contributed by atoms with Gasteiger partial charge in [0.15, 0.2) is 5.82 Å². The van der Waals surface area contributed by atoms with Gasteiger partial charge >= 0.3 is 0 Å². The van der Waals surface area contributed by atoms with E-state index in [0.717, 1.165) is 46.9 Å². The molecular formula is C27H27N3O3. The highest BCUT2D eigenvalue weighted by atomic mass is 16.5. The maximum Gasteiger partial charge on any atom is 0.163 e. The van der Waals surface area contributed by atoms with Gasteiger partial charge in [-0.3, -0.25) is 9.55 Å². The summed E-state index contributed by atoms with van der Waals surface area (Å²) in [6.07, 6.45) is 7.22. The van der Waals surface area contributed by atoms with Gasteiger partial charge in [-0.15, -0.1) is 0 Å². The number of methoxy groups -OCH3 is 1. The average molecular weight is 442 g/mol. The van der Waals surface area contributed by atoms with E-state index in [1.54, 1.807) is 19.5 Å². The predicted octanol–water partition coefficient (Wildman–Crippen LogP) is 5.17. The summed E-state index contributed by atoms with van der Waals surface area (Å²) in [5, 5.41) is 0. The van der Waals surface area contributed by atoms with Crippen LogP contribution >= 0.6 is 0 Å². The second-order valence-corrected chi connectivity index (χ2v) is 8.13. The van der Waals surface area contributed by atoms with Crippen molar-refractivity contribution >= 4 is 0 Å². The van der Waals surface area contributed by atoms with Crippen LogP contribution in [0, 0.1) is 0 Å². The van der Waals surface area contributed by atoms with Crippen molar-refractivity contribution in [3.8, 4) is 23.0 Å². The second kappa shape index (κ2) is 9.57. The first-order valence-corrected chi connectivity index (χ1v) is 11.2. The van der Waals surface area contributed by atoms with Crippen LogP contribution in [0.5, 0.6) is 5.75 Å². The molecule has 5 rings (SSSR count). The lowest BCUT2D eigenvalue weighted by Gasteiger charge is -2.36. The number of hydrogen-bond donors (Lipinski definition) is 0. The first kappa shape index (κ1) is 21.4. The molecule has 0 N–H and O–H groups in total. The maximum atomic E-state index is 6.12. The van der Waals surface area contributed by atoms with Crippen molar-refractivity contribution in [3.05, 3.63) is 96.4 Å². The molecule has 6 nitrogen and oxygen atoms in total. The third kappa shape index (κ3) is 4.53. The van der Waals surface area contributed by atoms with Gasteiger partial charge in [-0.1, -0.05) is 30.3 Å². The Kier molecular flexibility index (Phi) is 6.19. The highest BCUT2D eigenvalue weighted by molar-refractivity contribution is 5.54. The summed E-state index contributed by atoms with van der Waals surface area (Å²) in [4.78, 5) is 8.90. The van der Waals surface area contributed by atoms with E-state index in [1.165, 1.54) is 0 Å². The number of aromatic nitrogens is 3. The van der Waals surface area contributed by atoms with Crippen LogP contribution in [0.4, 0.5) is 0 Å². The third-order valence-corrected chi connectivity index (χ3v) is 6.21.